The summed E-state index contributed by atoms with van der Waals surface area (Å²) in [6.45, 7) is 8.30. The highest BCUT2D eigenvalue weighted by Crippen LogP contribution is 2.28. The second kappa shape index (κ2) is 6.97. The Labute approximate surface area is 138 Å². The molecule has 0 bridgehead atoms. The van der Waals surface area contributed by atoms with Crippen LogP contribution in [0.2, 0.25) is 0 Å². The van der Waals surface area contributed by atoms with E-state index in [1.54, 1.807) is 7.11 Å². The average Bonchev–Trinajstić information content (AvgIpc) is 3.26. The number of nitrogens with one attached hydrogen (secondary N) is 1. The summed E-state index contributed by atoms with van der Waals surface area (Å²) in [7, 11) is 1.75. The van der Waals surface area contributed by atoms with Gasteiger partial charge in [-0.3, -0.25) is 0 Å². The lowest BCUT2D eigenvalue weighted by molar-refractivity contribution is 0.190. The van der Waals surface area contributed by atoms with E-state index >= 15 is 0 Å². The molecule has 1 saturated carbocycles. The van der Waals surface area contributed by atoms with Gasteiger partial charge in [0.1, 0.15) is 11.5 Å². The van der Waals surface area contributed by atoms with Gasteiger partial charge in [-0.15, -0.1) is 0 Å². The Kier molecular flexibility index (Phi) is 4.97. The van der Waals surface area contributed by atoms with E-state index in [2.05, 4.69) is 41.8 Å². The number of nitrogens with zero attached hydrogens (tertiary/aromatic N) is 3. The van der Waals surface area contributed by atoms with Gasteiger partial charge in [0.15, 0.2) is 0 Å². The maximum Gasteiger partial charge on any atom is 0.147 e. The lowest BCUT2D eigenvalue weighted by atomic mass is 10.0. The third-order valence-electron chi connectivity index (χ3n) is 4.49. The van der Waals surface area contributed by atoms with Crippen molar-refractivity contribution in [3.05, 3.63) is 23.8 Å². The van der Waals surface area contributed by atoms with E-state index in [0.717, 1.165) is 31.0 Å². The van der Waals surface area contributed by atoms with E-state index in [0.29, 0.717) is 12.0 Å². The topological polar surface area (TPSA) is 52.0 Å². The monoisotopic (exact) mass is 316 g/mol. The van der Waals surface area contributed by atoms with Crippen LogP contribution < -0.4 is 5.32 Å². The Morgan fingerprint density at radius 3 is 2.78 bits per heavy atom. The molecule has 2 aromatic heterocycles. The second-order valence-electron chi connectivity index (χ2n) is 6.91. The standard InChI is InChI=1S/C18H28N4O/c1-12(2)16-11-22(8-5-9-23-4)18-15(16)10-19-17(21-18)13(3)20-14-6-7-14/h10-14,20H,5-9H2,1-4H3. The van der Waals surface area contributed by atoms with Crippen molar-refractivity contribution in [2.24, 2.45) is 0 Å². The number of hydrogen-bond acceptors (Lipinski definition) is 4. The van der Waals surface area contributed by atoms with Crippen LogP contribution in [0.5, 0.6) is 0 Å². The molecule has 0 aliphatic heterocycles. The van der Waals surface area contributed by atoms with Crippen molar-refractivity contribution in [2.45, 2.75) is 64.6 Å². The van der Waals surface area contributed by atoms with Crippen LogP contribution in [0.3, 0.4) is 0 Å². The van der Waals surface area contributed by atoms with Gasteiger partial charge in [0.2, 0.25) is 0 Å². The quantitative estimate of drug-likeness (QED) is 0.758. The third kappa shape index (κ3) is 3.72. The number of hydrogen-bond donors (Lipinski definition) is 1. The van der Waals surface area contributed by atoms with E-state index < -0.39 is 0 Å². The fourth-order valence-electron chi connectivity index (χ4n) is 3.00. The number of methoxy groups -OCH3 is 1. The van der Waals surface area contributed by atoms with Crippen molar-refractivity contribution < 1.29 is 4.74 Å². The van der Waals surface area contributed by atoms with Crippen molar-refractivity contribution in [3.63, 3.8) is 0 Å². The maximum atomic E-state index is 5.19. The molecule has 0 radical (unpaired) electrons. The van der Waals surface area contributed by atoms with Crippen LogP contribution >= 0.6 is 0 Å². The summed E-state index contributed by atoms with van der Waals surface area (Å²) >= 11 is 0. The van der Waals surface area contributed by atoms with Crippen LogP contribution in [0.25, 0.3) is 11.0 Å². The molecule has 1 aliphatic rings. The van der Waals surface area contributed by atoms with Crippen molar-refractivity contribution in [1.82, 2.24) is 19.9 Å². The first kappa shape index (κ1) is 16.4. The van der Waals surface area contributed by atoms with Crippen LogP contribution in [-0.4, -0.2) is 34.3 Å². The fourth-order valence-corrected chi connectivity index (χ4v) is 3.00. The first-order valence-corrected chi connectivity index (χ1v) is 8.70. The molecule has 2 aromatic rings. The highest BCUT2D eigenvalue weighted by atomic mass is 16.5. The summed E-state index contributed by atoms with van der Waals surface area (Å²) in [4.78, 5) is 9.52. The minimum Gasteiger partial charge on any atom is -0.385 e. The number of ether oxygens (including phenoxy) is 1. The van der Waals surface area contributed by atoms with Crippen molar-refractivity contribution >= 4 is 11.0 Å². The Balaban J connectivity index is 1.91. The van der Waals surface area contributed by atoms with Gasteiger partial charge in [0.05, 0.1) is 6.04 Å². The number of aromatic nitrogens is 3. The van der Waals surface area contributed by atoms with Gasteiger partial charge < -0.3 is 14.6 Å². The number of fused-ring (bicyclic) bond motifs is 1. The molecule has 0 spiro atoms. The Bertz CT molecular complexity index is 660. The molecule has 5 nitrogen and oxygen atoms in total. The van der Waals surface area contributed by atoms with E-state index in [1.807, 2.05) is 6.20 Å². The molecule has 1 N–H and O–H groups in total. The summed E-state index contributed by atoms with van der Waals surface area (Å²) in [5, 5.41) is 4.76. The van der Waals surface area contributed by atoms with Gasteiger partial charge >= 0.3 is 0 Å². The zero-order chi connectivity index (χ0) is 16.4. The smallest absolute Gasteiger partial charge is 0.147 e. The Morgan fingerprint density at radius 1 is 1.35 bits per heavy atom. The minimum absolute atomic E-state index is 0.205. The molecular weight excluding hydrogens is 288 g/mol. The summed E-state index contributed by atoms with van der Waals surface area (Å²) < 4.78 is 7.45. The van der Waals surface area contributed by atoms with Crippen LogP contribution in [0.1, 0.15) is 63.4 Å². The summed E-state index contributed by atoms with van der Waals surface area (Å²) in [6, 6.07) is 0.862. The second-order valence-corrected chi connectivity index (χ2v) is 6.91. The van der Waals surface area contributed by atoms with E-state index in [9.17, 15) is 0 Å². The summed E-state index contributed by atoms with van der Waals surface area (Å²) in [6.07, 6.45) is 7.79. The van der Waals surface area contributed by atoms with Gasteiger partial charge in [-0.05, 0) is 37.7 Å². The van der Waals surface area contributed by atoms with Gasteiger partial charge in [-0.25, -0.2) is 9.97 Å². The SMILES string of the molecule is COCCCn1cc(C(C)C)c2cnc(C(C)NC3CC3)nc21. The highest BCUT2D eigenvalue weighted by Gasteiger charge is 2.25. The molecule has 1 atom stereocenters. The van der Waals surface area contributed by atoms with Crippen LogP contribution in [0.4, 0.5) is 0 Å². The summed E-state index contributed by atoms with van der Waals surface area (Å²) in [5.41, 5.74) is 2.38. The van der Waals surface area contributed by atoms with Crippen molar-refractivity contribution in [1.29, 1.82) is 0 Å². The molecule has 1 aliphatic carbocycles. The molecule has 1 unspecified atom stereocenters. The Morgan fingerprint density at radius 2 is 2.13 bits per heavy atom. The lowest BCUT2D eigenvalue weighted by Gasteiger charge is -2.12. The molecule has 1 fully saturated rings. The van der Waals surface area contributed by atoms with Crippen LogP contribution in [0, 0.1) is 0 Å². The van der Waals surface area contributed by atoms with Gasteiger partial charge in [-0.1, -0.05) is 13.8 Å². The predicted octanol–water partition coefficient (Wildman–Crippen LogP) is 3.40. The molecule has 0 aromatic carbocycles. The molecular formula is C18H28N4O. The Hall–Kier alpha value is -1.46. The van der Waals surface area contributed by atoms with Crippen molar-refractivity contribution in [2.75, 3.05) is 13.7 Å². The summed E-state index contributed by atoms with van der Waals surface area (Å²) in [5.74, 6) is 1.36. The first-order chi connectivity index (χ1) is 11.1. The van der Waals surface area contributed by atoms with Crippen LogP contribution in [0.15, 0.2) is 12.4 Å². The predicted molar refractivity (Wildman–Crippen MR) is 92.7 cm³/mol. The molecule has 126 valence electrons. The van der Waals surface area contributed by atoms with Crippen LogP contribution in [-0.2, 0) is 11.3 Å². The number of rotatable bonds is 8. The molecule has 0 saturated heterocycles. The van der Waals surface area contributed by atoms with Gasteiger partial charge in [0.25, 0.3) is 0 Å². The van der Waals surface area contributed by atoms with Crippen molar-refractivity contribution in [3.8, 4) is 0 Å². The van der Waals surface area contributed by atoms with Gasteiger partial charge in [-0.2, -0.15) is 0 Å². The number of aryl methyl sites for hydroxylation is 1. The molecule has 0 amide bonds. The molecule has 2 heterocycles. The van der Waals surface area contributed by atoms with Gasteiger partial charge in [0, 0.05) is 44.1 Å². The zero-order valence-electron chi connectivity index (χ0n) is 14.7. The third-order valence-corrected chi connectivity index (χ3v) is 4.49. The molecule has 23 heavy (non-hydrogen) atoms. The molecule has 5 heteroatoms. The largest absolute Gasteiger partial charge is 0.385 e. The van der Waals surface area contributed by atoms with E-state index in [-0.39, 0.29) is 6.04 Å². The molecule has 3 rings (SSSR count). The lowest BCUT2D eigenvalue weighted by Crippen LogP contribution is -2.22. The minimum atomic E-state index is 0.205. The average molecular weight is 316 g/mol. The first-order valence-electron chi connectivity index (χ1n) is 8.70. The maximum absolute atomic E-state index is 5.19. The van der Waals surface area contributed by atoms with E-state index in [4.69, 9.17) is 9.72 Å². The highest BCUT2D eigenvalue weighted by molar-refractivity contribution is 5.80. The normalized spacial score (nSPS) is 16.4. The fraction of sp³-hybridized carbons (Fsp3) is 0.667. The van der Waals surface area contributed by atoms with E-state index in [1.165, 1.54) is 23.8 Å². The zero-order valence-corrected chi connectivity index (χ0v) is 14.7.